The van der Waals surface area contributed by atoms with Gasteiger partial charge in [-0.3, -0.25) is 4.84 Å². The van der Waals surface area contributed by atoms with Crippen molar-refractivity contribution in [3.05, 3.63) is 0 Å². The minimum absolute atomic E-state index is 0.205. The van der Waals surface area contributed by atoms with E-state index in [4.69, 9.17) is 0 Å². The molecule has 1 rings (SSSR count). The predicted octanol–water partition coefficient (Wildman–Crippen LogP) is 0.788. The number of rotatable bonds is 3. The van der Waals surface area contributed by atoms with Crippen molar-refractivity contribution in [3.63, 3.8) is 0 Å². The summed E-state index contributed by atoms with van der Waals surface area (Å²) in [6.07, 6.45) is 3.63. The average molecular weight is 216 g/mol. The van der Waals surface area contributed by atoms with Crippen molar-refractivity contribution in [2.45, 2.75) is 38.7 Å². The maximum absolute atomic E-state index is 11.1. The lowest BCUT2D eigenvalue weighted by Gasteiger charge is -2.38. The van der Waals surface area contributed by atoms with Crippen LogP contribution < -0.4 is 10.8 Å². The zero-order valence-electron chi connectivity index (χ0n) is 9.38. The molecule has 0 bridgehead atoms. The number of amides is 2. The third kappa shape index (κ3) is 3.35. The summed E-state index contributed by atoms with van der Waals surface area (Å²) in [6.45, 7) is 2.48. The fourth-order valence-electron chi connectivity index (χ4n) is 2.00. The van der Waals surface area contributed by atoms with E-state index in [9.17, 15) is 9.90 Å². The Labute approximate surface area is 90.1 Å². The Hall–Kier alpha value is -0.810. The van der Waals surface area contributed by atoms with E-state index in [1.807, 2.05) is 6.92 Å². The number of urea groups is 1. The summed E-state index contributed by atoms with van der Waals surface area (Å²) in [4.78, 5) is 15.6. The molecule has 5 nitrogen and oxygen atoms in total. The van der Waals surface area contributed by atoms with Gasteiger partial charge in [0.1, 0.15) is 0 Å². The Balaban J connectivity index is 2.37. The average Bonchev–Trinajstić information content (AvgIpc) is 2.21. The largest absolute Gasteiger partial charge is 0.392 e. The number of aliphatic hydroxyl groups excluding tert-OH is 1. The Bertz CT molecular complexity index is 223. The molecule has 0 unspecified atom stereocenters. The van der Waals surface area contributed by atoms with Gasteiger partial charge >= 0.3 is 6.03 Å². The molecule has 15 heavy (non-hydrogen) atoms. The normalized spacial score (nSPS) is 31.0. The van der Waals surface area contributed by atoms with Gasteiger partial charge in [0.15, 0.2) is 0 Å². The highest BCUT2D eigenvalue weighted by molar-refractivity contribution is 5.72. The van der Waals surface area contributed by atoms with E-state index in [0.717, 1.165) is 25.7 Å². The van der Waals surface area contributed by atoms with Gasteiger partial charge in [0, 0.05) is 12.0 Å². The van der Waals surface area contributed by atoms with Gasteiger partial charge < -0.3 is 10.4 Å². The number of nitrogens with one attached hydrogen (secondary N) is 2. The predicted molar refractivity (Wildman–Crippen MR) is 56.1 cm³/mol. The standard InChI is InChI=1S/C10H20N2O3/c1-10(6-4-3-5-8(10)13)7-11-9(14)12-15-2/h8,13H,3-7H2,1-2H3,(H2,11,12,14)/t8-,10-/m1/s1. The molecule has 0 aromatic heterocycles. The van der Waals surface area contributed by atoms with Gasteiger partial charge in [-0.1, -0.05) is 19.8 Å². The van der Waals surface area contributed by atoms with Crippen LogP contribution in [-0.4, -0.2) is 30.9 Å². The first-order chi connectivity index (χ1) is 7.08. The van der Waals surface area contributed by atoms with Crippen LogP contribution >= 0.6 is 0 Å². The number of carbonyl (C=O) groups is 1. The summed E-state index contributed by atoms with van der Waals surface area (Å²) >= 11 is 0. The molecule has 0 aliphatic heterocycles. The van der Waals surface area contributed by atoms with Crippen molar-refractivity contribution in [1.29, 1.82) is 0 Å². The van der Waals surface area contributed by atoms with Gasteiger partial charge in [-0.2, -0.15) is 0 Å². The molecule has 1 saturated carbocycles. The third-order valence-electron chi connectivity index (χ3n) is 3.13. The summed E-state index contributed by atoms with van der Waals surface area (Å²) in [7, 11) is 1.39. The van der Waals surface area contributed by atoms with Gasteiger partial charge in [0.25, 0.3) is 0 Å². The zero-order chi connectivity index (χ0) is 11.3. The Kier molecular flexibility index (Phi) is 4.35. The summed E-state index contributed by atoms with van der Waals surface area (Å²) in [5.41, 5.74) is 1.98. The minimum atomic E-state index is -0.364. The van der Waals surface area contributed by atoms with Crippen LogP contribution in [0.15, 0.2) is 0 Å². The summed E-state index contributed by atoms with van der Waals surface area (Å²) < 4.78 is 0. The van der Waals surface area contributed by atoms with Crippen LogP contribution in [-0.2, 0) is 4.84 Å². The van der Waals surface area contributed by atoms with E-state index in [0.29, 0.717) is 6.54 Å². The summed E-state index contributed by atoms with van der Waals surface area (Å²) in [5, 5.41) is 12.6. The summed E-state index contributed by atoms with van der Waals surface area (Å²) in [5.74, 6) is 0. The number of carbonyl (C=O) groups excluding carboxylic acids is 1. The lowest BCUT2D eigenvalue weighted by atomic mass is 9.73. The highest BCUT2D eigenvalue weighted by atomic mass is 16.6. The van der Waals surface area contributed by atoms with Gasteiger partial charge in [-0.25, -0.2) is 10.3 Å². The molecule has 5 heteroatoms. The first-order valence-electron chi connectivity index (χ1n) is 5.33. The van der Waals surface area contributed by atoms with Crippen molar-refractivity contribution >= 4 is 6.03 Å². The molecule has 1 aliphatic rings. The van der Waals surface area contributed by atoms with Crippen molar-refractivity contribution < 1.29 is 14.7 Å². The number of hydroxylamine groups is 1. The number of hydrogen-bond donors (Lipinski definition) is 3. The molecular weight excluding hydrogens is 196 g/mol. The van der Waals surface area contributed by atoms with Crippen LogP contribution in [0.1, 0.15) is 32.6 Å². The fraction of sp³-hybridized carbons (Fsp3) is 0.900. The van der Waals surface area contributed by atoms with E-state index in [2.05, 4.69) is 15.6 Å². The zero-order valence-corrected chi connectivity index (χ0v) is 9.38. The molecule has 0 radical (unpaired) electrons. The van der Waals surface area contributed by atoms with E-state index in [1.165, 1.54) is 7.11 Å². The van der Waals surface area contributed by atoms with Gasteiger partial charge in [0.2, 0.25) is 0 Å². The molecule has 0 aromatic rings. The first-order valence-corrected chi connectivity index (χ1v) is 5.33. The molecule has 2 amide bonds. The van der Waals surface area contributed by atoms with Crippen LogP contribution in [0.3, 0.4) is 0 Å². The molecule has 0 heterocycles. The summed E-state index contributed by atoms with van der Waals surface area (Å²) in [6, 6.07) is -0.364. The van der Waals surface area contributed by atoms with Gasteiger partial charge in [-0.15, -0.1) is 0 Å². The van der Waals surface area contributed by atoms with Crippen molar-refractivity contribution in [2.24, 2.45) is 5.41 Å². The van der Waals surface area contributed by atoms with Crippen molar-refractivity contribution in [1.82, 2.24) is 10.8 Å². The molecule has 0 aromatic carbocycles. The fourth-order valence-corrected chi connectivity index (χ4v) is 2.00. The maximum Gasteiger partial charge on any atom is 0.338 e. The minimum Gasteiger partial charge on any atom is -0.392 e. The monoisotopic (exact) mass is 216 g/mol. The number of hydrogen-bond acceptors (Lipinski definition) is 3. The van der Waals surface area contributed by atoms with Gasteiger partial charge in [0.05, 0.1) is 13.2 Å². The lowest BCUT2D eigenvalue weighted by molar-refractivity contribution is 0.00194. The highest BCUT2D eigenvalue weighted by Crippen LogP contribution is 2.35. The second-order valence-corrected chi connectivity index (χ2v) is 4.40. The maximum atomic E-state index is 11.1. The topological polar surface area (TPSA) is 70.6 Å². The van der Waals surface area contributed by atoms with Gasteiger partial charge in [-0.05, 0) is 12.8 Å². The number of aliphatic hydroxyl groups is 1. The first kappa shape index (κ1) is 12.3. The van der Waals surface area contributed by atoms with E-state index >= 15 is 0 Å². The molecule has 0 spiro atoms. The molecule has 88 valence electrons. The lowest BCUT2D eigenvalue weighted by Crippen LogP contribution is -2.47. The second kappa shape index (κ2) is 5.32. The second-order valence-electron chi connectivity index (χ2n) is 4.40. The molecular formula is C10H20N2O3. The highest BCUT2D eigenvalue weighted by Gasteiger charge is 2.35. The van der Waals surface area contributed by atoms with Crippen LogP contribution in [0.2, 0.25) is 0 Å². The van der Waals surface area contributed by atoms with Crippen LogP contribution in [0, 0.1) is 5.41 Å². The third-order valence-corrected chi connectivity index (χ3v) is 3.13. The molecule has 1 aliphatic carbocycles. The van der Waals surface area contributed by atoms with Crippen LogP contribution in [0.5, 0.6) is 0 Å². The Morgan fingerprint density at radius 3 is 2.93 bits per heavy atom. The Morgan fingerprint density at radius 1 is 1.60 bits per heavy atom. The van der Waals surface area contributed by atoms with E-state index in [-0.39, 0.29) is 17.6 Å². The van der Waals surface area contributed by atoms with Crippen molar-refractivity contribution in [3.8, 4) is 0 Å². The smallest absolute Gasteiger partial charge is 0.338 e. The van der Waals surface area contributed by atoms with Crippen LogP contribution in [0.4, 0.5) is 4.79 Å². The van der Waals surface area contributed by atoms with E-state index < -0.39 is 0 Å². The molecule has 2 atom stereocenters. The van der Waals surface area contributed by atoms with E-state index in [1.54, 1.807) is 0 Å². The molecule has 3 N–H and O–H groups in total. The SMILES string of the molecule is CONC(=O)NC[C@@]1(C)CCCC[C@H]1O. The molecule has 0 saturated heterocycles. The van der Waals surface area contributed by atoms with Crippen molar-refractivity contribution in [2.75, 3.05) is 13.7 Å². The Morgan fingerprint density at radius 2 is 2.33 bits per heavy atom. The van der Waals surface area contributed by atoms with Crippen LogP contribution in [0.25, 0.3) is 0 Å². The molecule has 1 fully saturated rings. The quantitative estimate of drug-likeness (QED) is 0.611.